The fraction of sp³-hybridized carbons (Fsp3) is 0.474. The van der Waals surface area contributed by atoms with Crippen molar-refractivity contribution >= 4 is 11.8 Å². The number of Topliss-reactive ketones (excluding diaryl/α,β-unsaturated/α-hetero) is 1. The van der Waals surface area contributed by atoms with Crippen molar-refractivity contribution in [2.24, 2.45) is 11.3 Å². The molecule has 1 unspecified atom stereocenters. The summed E-state index contributed by atoms with van der Waals surface area (Å²) in [6, 6.07) is 9.60. The second kappa shape index (κ2) is 6.91. The summed E-state index contributed by atoms with van der Waals surface area (Å²) < 4.78 is 5.49. The van der Waals surface area contributed by atoms with Gasteiger partial charge in [0.1, 0.15) is 12.4 Å². The number of ether oxygens (including phenoxy) is 1. The predicted molar refractivity (Wildman–Crippen MR) is 86.1 cm³/mol. The van der Waals surface area contributed by atoms with Crippen LogP contribution in [0, 0.1) is 11.3 Å². The van der Waals surface area contributed by atoms with Gasteiger partial charge in [0.05, 0.1) is 5.92 Å². The van der Waals surface area contributed by atoms with Crippen LogP contribution in [0.5, 0.6) is 0 Å². The SMILES string of the molecule is C=C(C)CC(C(=O)OCc1ccccc1)C1(C(C)=O)CCC1. The van der Waals surface area contributed by atoms with Crippen LogP contribution in [-0.2, 0) is 20.9 Å². The molecule has 0 radical (unpaired) electrons. The van der Waals surface area contributed by atoms with Crippen LogP contribution in [0.25, 0.3) is 0 Å². The van der Waals surface area contributed by atoms with Gasteiger partial charge in [-0.3, -0.25) is 9.59 Å². The van der Waals surface area contributed by atoms with Crippen molar-refractivity contribution in [1.29, 1.82) is 0 Å². The molecule has 0 N–H and O–H groups in total. The molecule has 0 amide bonds. The molecular weight excluding hydrogens is 276 g/mol. The Morgan fingerprint density at radius 2 is 1.86 bits per heavy atom. The zero-order valence-corrected chi connectivity index (χ0v) is 13.4. The van der Waals surface area contributed by atoms with Crippen molar-refractivity contribution in [2.45, 2.75) is 46.1 Å². The summed E-state index contributed by atoms with van der Waals surface area (Å²) in [5, 5.41) is 0. The van der Waals surface area contributed by atoms with Gasteiger partial charge in [-0.15, -0.1) is 6.58 Å². The molecule has 1 aliphatic carbocycles. The van der Waals surface area contributed by atoms with Crippen molar-refractivity contribution in [3.8, 4) is 0 Å². The summed E-state index contributed by atoms with van der Waals surface area (Å²) >= 11 is 0. The summed E-state index contributed by atoms with van der Waals surface area (Å²) in [4.78, 5) is 24.7. The van der Waals surface area contributed by atoms with Gasteiger partial charge in [0.15, 0.2) is 0 Å². The quantitative estimate of drug-likeness (QED) is 0.563. The minimum absolute atomic E-state index is 0.0988. The third-order valence-corrected chi connectivity index (χ3v) is 4.67. The Bertz CT molecular complexity index is 555. The largest absolute Gasteiger partial charge is 0.461 e. The molecule has 1 aliphatic rings. The minimum Gasteiger partial charge on any atom is -0.461 e. The standard InChI is InChI=1S/C19H24O3/c1-14(2)12-17(19(15(3)20)10-7-11-19)18(21)22-13-16-8-5-4-6-9-16/h4-6,8-9,17H,1,7,10-13H2,2-3H3. The number of rotatable bonds is 7. The zero-order valence-electron chi connectivity index (χ0n) is 13.4. The van der Waals surface area contributed by atoms with Gasteiger partial charge in [0.25, 0.3) is 0 Å². The lowest BCUT2D eigenvalue weighted by atomic mass is 9.57. The van der Waals surface area contributed by atoms with Crippen LogP contribution in [0.15, 0.2) is 42.5 Å². The van der Waals surface area contributed by atoms with Crippen molar-refractivity contribution < 1.29 is 14.3 Å². The maximum absolute atomic E-state index is 12.6. The highest BCUT2D eigenvalue weighted by atomic mass is 16.5. The summed E-state index contributed by atoms with van der Waals surface area (Å²) in [7, 11) is 0. The lowest BCUT2D eigenvalue weighted by molar-refractivity contribution is -0.163. The first-order valence-corrected chi connectivity index (χ1v) is 7.82. The van der Waals surface area contributed by atoms with E-state index in [1.807, 2.05) is 37.3 Å². The molecule has 0 spiro atoms. The van der Waals surface area contributed by atoms with E-state index in [0.717, 1.165) is 30.4 Å². The van der Waals surface area contributed by atoms with E-state index in [-0.39, 0.29) is 18.4 Å². The number of carbonyl (C=O) groups excluding carboxylic acids is 2. The average molecular weight is 300 g/mol. The molecule has 2 rings (SSSR count). The summed E-state index contributed by atoms with van der Waals surface area (Å²) in [6.45, 7) is 7.64. The molecule has 1 aromatic rings. The second-order valence-electron chi connectivity index (χ2n) is 6.37. The van der Waals surface area contributed by atoms with E-state index in [1.54, 1.807) is 6.92 Å². The van der Waals surface area contributed by atoms with Crippen LogP contribution >= 0.6 is 0 Å². The topological polar surface area (TPSA) is 43.4 Å². The number of esters is 1. The van der Waals surface area contributed by atoms with Gasteiger partial charge < -0.3 is 4.74 Å². The predicted octanol–water partition coefficient (Wildman–Crippen LogP) is 4.07. The summed E-state index contributed by atoms with van der Waals surface area (Å²) in [5.41, 5.74) is 1.33. The number of hydrogen-bond donors (Lipinski definition) is 0. The average Bonchev–Trinajstić information content (AvgIpc) is 2.43. The van der Waals surface area contributed by atoms with Crippen LogP contribution < -0.4 is 0 Å². The Balaban J connectivity index is 2.09. The number of ketones is 1. The first-order chi connectivity index (χ1) is 10.5. The van der Waals surface area contributed by atoms with Crippen LogP contribution in [-0.4, -0.2) is 11.8 Å². The van der Waals surface area contributed by atoms with Gasteiger partial charge >= 0.3 is 5.97 Å². The Labute approximate surface area is 132 Å². The molecular formula is C19H24O3. The zero-order chi connectivity index (χ0) is 16.2. The Morgan fingerprint density at radius 1 is 1.23 bits per heavy atom. The molecule has 1 atom stereocenters. The molecule has 0 saturated heterocycles. The first kappa shape index (κ1) is 16.5. The van der Waals surface area contributed by atoms with Gasteiger partial charge in [-0.2, -0.15) is 0 Å². The smallest absolute Gasteiger partial charge is 0.310 e. The van der Waals surface area contributed by atoms with Crippen LogP contribution in [0.2, 0.25) is 0 Å². The van der Waals surface area contributed by atoms with Gasteiger partial charge in [-0.05, 0) is 38.7 Å². The van der Waals surface area contributed by atoms with E-state index in [9.17, 15) is 9.59 Å². The summed E-state index contributed by atoms with van der Waals surface area (Å²) in [6.07, 6.45) is 3.08. The molecule has 22 heavy (non-hydrogen) atoms. The van der Waals surface area contributed by atoms with Crippen LogP contribution in [0.1, 0.15) is 45.1 Å². The van der Waals surface area contributed by atoms with Crippen LogP contribution in [0.4, 0.5) is 0 Å². The molecule has 1 aromatic carbocycles. The molecule has 0 heterocycles. The number of benzene rings is 1. The maximum atomic E-state index is 12.6. The second-order valence-corrected chi connectivity index (χ2v) is 6.37. The molecule has 1 fully saturated rings. The van der Waals surface area contributed by atoms with E-state index >= 15 is 0 Å². The van der Waals surface area contributed by atoms with E-state index in [1.165, 1.54) is 0 Å². The Hall–Kier alpha value is -1.90. The van der Waals surface area contributed by atoms with Gasteiger partial charge in [0.2, 0.25) is 0 Å². The fourth-order valence-corrected chi connectivity index (χ4v) is 3.19. The minimum atomic E-state index is -0.535. The highest BCUT2D eigenvalue weighted by Crippen LogP contribution is 2.50. The lowest BCUT2D eigenvalue weighted by Crippen LogP contribution is -2.47. The third-order valence-electron chi connectivity index (χ3n) is 4.67. The lowest BCUT2D eigenvalue weighted by Gasteiger charge is -2.44. The fourth-order valence-electron chi connectivity index (χ4n) is 3.19. The monoisotopic (exact) mass is 300 g/mol. The van der Waals surface area contributed by atoms with Crippen molar-refractivity contribution in [2.75, 3.05) is 0 Å². The van der Waals surface area contributed by atoms with E-state index in [0.29, 0.717) is 6.42 Å². The highest BCUT2D eigenvalue weighted by Gasteiger charge is 2.51. The van der Waals surface area contributed by atoms with Crippen LogP contribution in [0.3, 0.4) is 0 Å². The normalized spacial score (nSPS) is 17.2. The summed E-state index contributed by atoms with van der Waals surface area (Å²) in [5.74, 6) is -0.580. The number of hydrogen-bond acceptors (Lipinski definition) is 3. The highest BCUT2D eigenvalue weighted by molar-refractivity contribution is 5.89. The molecule has 0 aliphatic heterocycles. The molecule has 0 aromatic heterocycles. The molecule has 0 bridgehead atoms. The molecule has 3 heteroatoms. The van der Waals surface area contributed by atoms with Gasteiger partial charge in [0, 0.05) is 5.41 Å². The first-order valence-electron chi connectivity index (χ1n) is 7.82. The third kappa shape index (κ3) is 3.46. The number of allylic oxidation sites excluding steroid dienone is 1. The van der Waals surface area contributed by atoms with Crippen molar-refractivity contribution in [3.05, 3.63) is 48.0 Å². The Kier molecular flexibility index (Phi) is 5.17. The van der Waals surface area contributed by atoms with Crippen molar-refractivity contribution in [1.82, 2.24) is 0 Å². The van der Waals surface area contributed by atoms with Crippen molar-refractivity contribution in [3.63, 3.8) is 0 Å². The van der Waals surface area contributed by atoms with E-state index in [4.69, 9.17) is 4.74 Å². The molecule has 118 valence electrons. The Morgan fingerprint density at radius 3 is 2.32 bits per heavy atom. The van der Waals surface area contributed by atoms with E-state index < -0.39 is 11.3 Å². The number of carbonyl (C=O) groups is 2. The van der Waals surface area contributed by atoms with Gasteiger partial charge in [-0.25, -0.2) is 0 Å². The van der Waals surface area contributed by atoms with E-state index in [2.05, 4.69) is 6.58 Å². The maximum Gasteiger partial charge on any atom is 0.310 e. The molecule has 3 nitrogen and oxygen atoms in total. The van der Waals surface area contributed by atoms with Gasteiger partial charge in [-0.1, -0.05) is 42.3 Å². The molecule has 1 saturated carbocycles.